The van der Waals surface area contributed by atoms with E-state index >= 15 is 0 Å². The van der Waals surface area contributed by atoms with Gasteiger partial charge in [0, 0.05) is 27.9 Å². The molecule has 0 aliphatic heterocycles. The number of carbonyl (C=O) groups is 1. The molecule has 1 amide bonds. The van der Waals surface area contributed by atoms with E-state index < -0.39 is 0 Å². The summed E-state index contributed by atoms with van der Waals surface area (Å²) in [4.78, 5) is 22.2. The van der Waals surface area contributed by atoms with Crippen LogP contribution in [0.3, 0.4) is 0 Å². The Morgan fingerprint density at radius 1 is 1.11 bits per heavy atom. The summed E-state index contributed by atoms with van der Waals surface area (Å²) in [6.45, 7) is 5.86. The number of hydrogen-bond donors (Lipinski definition) is 1. The zero-order valence-corrected chi connectivity index (χ0v) is 17.4. The third kappa shape index (κ3) is 5.11. The van der Waals surface area contributed by atoms with E-state index in [-0.39, 0.29) is 23.1 Å². The maximum absolute atomic E-state index is 12.7. The summed E-state index contributed by atoms with van der Waals surface area (Å²) >= 11 is 7.38. The van der Waals surface area contributed by atoms with Crippen molar-refractivity contribution in [3.63, 3.8) is 0 Å². The molecular formula is C20H21ClN4O2S. The van der Waals surface area contributed by atoms with Crippen LogP contribution in [-0.2, 0) is 4.79 Å². The van der Waals surface area contributed by atoms with E-state index in [4.69, 9.17) is 16.1 Å². The van der Waals surface area contributed by atoms with Crippen LogP contribution in [0.2, 0.25) is 5.02 Å². The maximum atomic E-state index is 12.7. The third-order valence-electron chi connectivity index (χ3n) is 4.11. The lowest BCUT2D eigenvalue weighted by Crippen LogP contribution is -2.36. The lowest BCUT2D eigenvalue weighted by Gasteiger charge is -2.21. The van der Waals surface area contributed by atoms with Crippen LogP contribution in [0.4, 0.5) is 0 Å². The average Bonchev–Trinajstić information content (AvgIpc) is 3.18. The van der Waals surface area contributed by atoms with E-state index in [1.165, 1.54) is 11.8 Å². The molecule has 2 unspecified atom stereocenters. The summed E-state index contributed by atoms with van der Waals surface area (Å²) in [6, 6.07) is 10.7. The van der Waals surface area contributed by atoms with E-state index in [0.717, 1.165) is 10.5 Å². The molecule has 2 aromatic heterocycles. The molecule has 0 aliphatic rings. The summed E-state index contributed by atoms with van der Waals surface area (Å²) in [5.74, 6) is 0.851. The summed E-state index contributed by atoms with van der Waals surface area (Å²) in [5.41, 5.74) is 0.811. The highest BCUT2D eigenvalue weighted by atomic mass is 35.5. The summed E-state index contributed by atoms with van der Waals surface area (Å²) in [6.07, 6.45) is 3.34. The molecule has 1 aromatic carbocycles. The first-order valence-electron chi connectivity index (χ1n) is 8.90. The van der Waals surface area contributed by atoms with Gasteiger partial charge in [0.15, 0.2) is 0 Å². The van der Waals surface area contributed by atoms with Crippen molar-refractivity contribution in [3.8, 4) is 11.4 Å². The maximum Gasteiger partial charge on any atom is 0.249 e. The van der Waals surface area contributed by atoms with E-state index in [1.807, 2.05) is 57.2 Å². The second-order valence-corrected chi connectivity index (χ2v) is 8.49. The molecule has 0 saturated heterocycles. The topological polar surface area (TPSA) is 80.9 Å². The molecule has 28 heavy (non-hydrogen) atoms. The summed E-state index contributed by atoms with van der Waals surface area (Å²) in [5, 5.41) is 7.45. The van der Waals surface area contributed by atoms with Crippen molar-refractivity contribution in [3.05, 3.63) is 59.7 Å². The van der Waals surface area contributed by atoms with E-state index in [9.17, 15) is 4.79 Å². The molecule has 3 aromatic rings. The van der Waals surface area contributed by atoms with Crippen LogP contribution in [0.25, 0.3) is 11.4 Å². The number of thioether (sulfide) groups is 1. The van der Waals surface area contributed by atoms with Crippen LogP contribution in [0.1, 0.15) is 32.7 Å². The minimum atomic E-state index is -0.371. The predicted octanol–water partition coefficient (Wildman–Crippen LogP) is 4.78. The number of carbonyl (C=O) groups excluding carboxylic acids is 1. The van der Waals surface area contributed by atoms with Crippen molar-refractivity contribution >= 4 is 29.3 Å². The largest absolute Gasteiger partial charge is 0.343 e. The quantitative estimate of drug-likeness (QED) is 0.558. The van der Waals surface area contributed by atoms with Gasteiger partial charge in [-0.1, -0.05) is 30.6 Å². The van der Waals surface area contributed by atoms with Crippen molar-refractivity contribution in [2.45, 2.75) is 37.0 Å². The van der Waals surface area contributed by atoms with Crippen LogP contribution in [0.5, 0.6) is 0 Å². The van der Waals surface area contributed by atoms with Crippen LogP contribution in [-0.4, -0.2) is 26.3 Å². The Balaban J connectivity index is 1.69. The number of aromatic nitrogens is 3. The molecule has 0 spiro atoms. The van der Waals surface area contributed by atoms with Gasteiger partial charge in [-0.3, -0.25) is 9.78 Å². The van der Waals surface area contributed by atoms with E-state index in [0.29, 0.717) is 16.7 Å². The van der Waals surface area contributed by atoms with E-state index in [2.05, 4.69) is 20.4 Å². The van der Waals surface area contributed by atoms with E-state index in [1.54, 1.807) is 12.4 Å². The average molecular weight is 417 g/mol. The smallest absolute Gasteiger partial charge is 0.249 e. The predicted molar refractivity (Wildman–Crippen MR) is 110 cm³/mol. The van der Waals surface area contributed by atoms with Crippen molar-refractivity contribution in [2.75, 3.05) is 0 Å². The van der Waals surface area contributed by atoms with Gasteiger partial charge in [0.05, 0.1) is 5.25 Å². The Kier molecular flexibility index (Phi) is 6.70. The van der Waals surface area contributed by atoms with Crippen LogP contribution >= 0.6 is 23.4 Å². The number of nitrogens with zero attached hydrogens (tertiary/aromatic N) is 3. The Morgan fingerprint density at radius 3 is 2.43 bits per heavy atom. The summed E-state index contributed by atoms with van der Waals surface area (Å²) < 4.78 is 5.44. The third-order valence-corrected chi connectivity index (χ3v) is 5.47. The Hall–Kier alpha value is -2.38. The number of nitrogens with one attached hydrogen (secondary N) is 1. The number of benzene rings is 1. The van der Waals surface area contributed by atoms with Crippen molar-refractivity contribution in [2.24, 2.45) is 5.92 Å². The van der Waals surface area contributed by atoms with Gasteiger partial charge >= 0.3 is 0 Å². The van der Waals surface area contributed by atoms with Crippen LogP contribution in [0.15, 0.2) is 58.2 Å². The first-order chi connectivity index (χ1) is 13.4. The van der Waals surface area contributed by atoms with Gasteiger partial charge in [0.25, 0.3) is 0 Å². The second-order valence-electron chi connectivity index (χ2n) is 6.64. The van der Waals surface area contributed by atoms with Gasteiger partial charge in [-0.2, -0.15) is 4.98 Å². The lowest BCUT2D eigenvalue weighted by molar-refractivity contribution is -0.121. The first-order valence-corrected chi connectivity index (χ1v) is 10.2. The molecule has 0 saturated carbocycles. The molecule has 3 rings (SSSR count). The van der Waals surface area contributed by atoms with Gasteiger partial charge in [0.2, 0.25) is 17.6 Å². The number of hydrogen-bond acceptors (Lipinski definition) is 6. The summed E-state index contributed by atoms with van der Waals surface area (Å²) in [7, 11) is 0. The van der Waals surface area contributed by atoms with Crippen molar-refractivity contribution < 1.29 is 9.32 Å². The van der Waals surface area contributed by atoms with Crippen LogP contribution < -0.4 is 5.32 Å². The molecular weight excluding hydrogens is 396 g/mol. The molecule has 8 heteroatoms. The number of amides is 1. The van der Waals surface area contributed by atoms with Crippen molar-refractivity contribution in [1.29, 1.82) is 0 Å². The standard InChI is InChI=1S/C20H21ClN4O2S/c1-12(2)17(20-24-18(25-27-20)14-8-10-22-11-9-14)23-19(26)13(3)28-16-6-4-15(21)5-7-16/h4-13,17H,1-3H3,(H,23,26). The van der Waals surface area contributed by atoms with Gasteiger partial charge in [0.1, 0.15) is 6.04 Å². The highest BCUT2D eigenvalue weighted by molar-refractivity contribution is 8.00. The SMILES string of the molecule is CC(Sc1ccc(Cl)cc1)C(=O)NC(c1nc(-c2ccncc2)no1)C(C)C. The minimum absolute atomic E-state index is 0.0856. The molecule has 1 N–H and O–H groups in total. The zero-order valence-electron chi connectivity index (χ0n) is 15.8. The lowest BCUT2D eigenvalue weighted by atomic mass is 10.0. The number of rotatable bonds is 7. The number of pyridine rings is 1. The van der Waals surface area contributed by atoms with Crippen molar-refractivity contribution in [1.82, 2.24) is 20.4 Å². The van der Waals surface area contributed by atoms with Gasteiger partial charge < -0.3 is 9.84 Å². The molecule has 0 bridgehead atoms. The molecule has 0 radical (unpaired) electrons. The van der Waals surface area contributed by atoms with Crippen LogP contribution in [0, 0.1) is 5.92 Å². The normalized spacial score (nSPS) is 13.3. The number of halogens is 1. The highest BCUT2D eigenvalue weighted by Crippen LogP contribution is 2.27. The monoisotopic (exact) mass is 416 g/mol. The van der Waals surface area contributed by atoms with Gasteiger partial charge in [-0.05, 0) is 49.2 Å². The fourth-order valence-corrected chi connectivity index (χ4v) is 3.54. The molecule has 2 heterocycles. The zero-order chi connectivity index (χ0) is 20.1. The Morgan fingerprint density at radius 2 is 1.79 bits per heavy atom. The van der Waals surface area contributed by atoms with Gasteiger partial charge in [-0.15, -0.1) is 11.8 Å². The fourth-order valence-electron chi connectivity index (χ4n) is 2.53. The highest BCUT2D eigenvalue weighted by Gasteiger charge is 2.27. The minimum Gasteiger partial charge on any atom is -0.343 e. The molecule has 146 valence electrons. The second kappa shape index (κ2) is 9.21. The molecule has 2 atom stereocenters. The Bertz CT molecular complexity index is 915. The fraction of sp³-hybridized carbons (Fsp3) is 0.300. The molecule has 0 fully saturated rings. The Labute approximate surface area is 173 Å². The molecule has 6 nitrogen and oxygen atoms in total. The first kappa shape index (κ1) is 20.4. The van der Waals surface area contributed by atoms with Gasteiger partial charge in [-0.25, -0.2) is 0 Å². The molecule has 0 aliphatic carbocycles.